The summed E-state index contributed by atoms with van der Waals surface area (Å²) in [6.45, 7) is 0. The van der Waals surface area contributed by atoms with Gasteiger partial charge in [-0.05, 0) is 41.7 Å². The Balaban J connectivity index is 0. The molecule has 8 nitrogen and oxygen atoms in total. The Bertz CT molecular complexity index is 803. The summed E-state index contributed by atoms with van der Waals surface area (Å²) in [5, 5.41) is -0.312. The van der Waals surface area contributed by atoms with Crippen LogP contribution in [0.15, 0.2) is 0 Å². The van der Waals surface area contributed by atoms with E-state index in [9.17, 15) is 19.2 Å². The van der Waals surface area contributed by atoms with Gasteiger partial charge in [-0.1, -0.05) is 0 Å². The standard InChI is InChI=1S/2C6H4N2O2S5.2Cu/c2*9-2-1-3(10)8(6(14)15)4(11)7(2)5(12)13;;/h2*1H2,(H,12,13)(H,14,15);;/q;;2*+2/p-4. The molecule has 0 N–H and O–H groups in total. The Morgan fingerprint density at radius 2 is 0.688 bits per heavy atom. The maximum atomic E-state index is 11.4. The topological polar surface area (TPSA) is 81.2 Å². The van der Waals surface area contributed by atoms with Crippen LogP contribution in [0.1, 0.15) is 12.8 Å². The monoisotopic (exact) mass is 714 g/mol. The molecule has 0 bridgehead atoms. The van der Waals surface area contributed by atoms with Crippen LogP contribution < -0.4 is 0 Å². The molecule has 0 atom stereocenters. The summed E-state index contributed by atoms with van der Waals surface area (Å²) in [5.74, 6) is -2.19. The number of hydrogen-bond donors (Lipinski definition) is 0. The summed E-state index contributed by atoms with van der Waals surface area (Å²) < 4.78 is -0.579. The van der Waals surface area contributed by atoms with Gasteiger partial charge in [0.05, 0.1) is 0 Å². The van der Waals surface area contributed by atoms with Crippen molar-refractivity contribution in [3.8, 4) is 0 Å². The molecule has 0 aromatic carbocycles. The smallest absolute Gasteiger partial charge is 0.410 e. The first kappa shape index (κ1) is 34.5. The van der Waals surface area contributed by atoms with E-state index < -0.39 is 23.6 Å². The fourth-order valence-electron chi connectivity index (χ4n) is 1.92. The molecular weight excluding hydrogens is 712 g/mol. The van der Waals surface area contributed by atoms with E-state index in [-0.39, 0.29) is 74.5 Å². The molecule has 4 amide bonds. The maximum Gasteiger partial charge on any atom is 2.00 e. The summed E-state index contributed by atoms with van der Waals surface area (Å²) in [6, 6.07) is 0. The fraction of sp³-hybridized carbons (Fsp3) is 0.167. The van der Waals surface area contributed by atoms with Crippen LogP contribution >= 0.6 is 73.3 Å². The van der Waals surface area contributed by atoms with Gasteiger partial charge in [0, 0.05) is 0 Å². The number of rotatable bonds is 0. The molecule has 2 aliphatic rings. The number of carbonyl (C=O) groups is 4. The molecule has 2 radical (unpaired) electrons. The fourth-order valence-corrected chi connectivity index (χ4v) is 4.66. The number of amides is 4. The third-order valence-corrected chi connectivity index (χ3v) is 5.29. The predicted octanol–water partition coefficient (Wildman–Crippen LogP) is -0.0134. The molecule has 0 aromatic heterocycles. The first-order chi connectivity index (χ1) is 13.7. The minimum absolute atomic E-state index is 0. The van der Waals surface area contributed by atoms with E-state index >= 15 is 0 Å². The minimum Gasteiger partial charge on any atom is -0.410 e. The number of nitrogens with zero attached hydrogens (tertiary/aromatic N) is 4. The molecule has 20 heteroatoms. The molecule has 2 saturated heterocycles. The summed E-state index contributed by atoms with van der Waals surface area (Å²) in [5.41, 5.74) is 0. The van der Waals surface area contributed by atoms with Crippen molar-refractivity contribution in [3.05, 3.63) is 0 Å². The van der Waals surface area contributed by atoms with E-state index in [1.807, 2.05) is 0 Å². The van der Waals surface area contributed by atoms with Crippen LogP contribution in [0.3, 0.4) is 0 Å². The van der Waals surface area contributed by atoms with E-state index in [1.54, 1.807) is 0 Å². The second kappa shape index (κ2) is 14.7. The van der Waals surface area contributed by atoms with Crippen molar-refractivity contribution in [1.29, 1.82) is 0 Å². The van der Waals surface area contributed by atoms with Crippen molar-refractivity contribution in [2.45, 2.75) is 12.8 Å². The van der Waals surface area contributed by atoms with Crippen molar-refractivity contribution >= 4 is 175 Å². The Morgan fingerprint density at radius 1 is 0.531 bits per heavy atom. The zero-order valence-electron chi connectivity index (χ0n) is 14.5. The molecule has 0 aromatic rings. The average Bonchev–Trinajstić information content (AvgIpc) is 2.52. The van der Waals surface area contributed by atoms with Crippen molar-refractivity contribution in [3.63, 3.8) is 0 Å². The van der Waals surface area contributed by atoms with E-state index in [2.05, 4.69) is 99.4 Å². The van der Waals surface area contributed by atoms with Gasteiger partial charge in [0.1, 0.15) is 12.8 Å². The molecule has 2 aliphatic heterocycles. The van der Waals surface area contributed by atoms with Crippen LogP contribution in [-0.2, 0) is 104 Å². The van der Waals surface area contributed by atoms with Gasteiger partial charge in [0.25, 0.3) is 0 Å². The average molecular weight is 716 g/mol. The summed E-state index contributed by atoms with van der Waals surface area (Å²) in [6.07, 6.45) is -0.763. The van der Waals surface area contributed by atoms with Crippen molar-refractivity contribution in [1.82, 2.24) is 19.6 Å². The van der Waals surface area contributed by atoms with Gasteiger partial charge in [-0.15, -0.1) is 0 Å². The van der Waals surface area contributed by atoms with Crippen LogP contribution in [0.4, 0.5) is 0 Å². The molecule has 32 heavy (non-hydrogen) atoms. The second-order valence-electron chi connectivity index (χ2n) is 4.90. The number of hydrogen-bond acceptors (Lipinski definition) is 14. The van der Waals surface area contributed by atoms with E-state index in [0.717, 1.165) is 19.6 Å². The van der Waals surface area contributed by atoms with Crippen molar-refractivity contribution in [2.75, 3.05) is 0 Å². The summed E-state index contributed by atoms with van der Waals surface area (Å²) in [7, 11) is 0. The van der Waals surface area contributed by atoms with E-state index in [0.29, 0.717) is 0 Å². The summed E-state index contributed by atoms with van der Waals surface area (Å²) >= 11 is 47.0. The van der Waals surface area contributed by atoms with Crippen molar-refractivity contribution in [2.24, 2.45) is 0 Å². The van der Waals surface area contributed by atoms with Crippen molar-refractivity contribution < 1.29 is 53.3 Å². The van der Waals surface area contributed by atoms with Gasteiger partial charge in [0.2, 0.25) is 23.6 Å². The zero-order chi connectivity index (χ0) is 23.5. The van der Waals surface area contributed by atoms with Gasteiger partial charge in [-0.25, -0.2) is 0 Å². The van der Waals surface area contributed by atoms with Gasteiger partial charge in [-0.2, -0.15) is 0 Å². The van der Waals surface area contributed by atoms with Gasteiger partial charge >= 0.3 is 34.1 Å². The number of carbonyl (C=O) groups excluding carboxylic acids is 4. The molecule has 2 fully saturated rings. The van der Waals surface area contributed by atoms with E-state index in [4.69, 9.17) is 24.4 Å². The molecule has 0 aliphatic carbocycles. The molecule has 0 saturated carbocycles. The van der Waals surface area contributed by atoms with Crippen LogP contribution in [-0.4, -0.2) is 70.7 Å². The molecule has 2 heterocycles. The predicted molar refractivity (Wildman–Crippen MR) is 142 cm³/mol. The SMILES string of the molecule is O=C1CC(=O)N(C(=S)[S-])C(=S)N1C(=S)[S-].O=C1CC(=O)N(C(=S)[S-])C(=S)N1C(=S)[S-].[Cu+2].[Cu+2]. The molecular formula is C12H4Cu2N4O4S10. The quantitative estimate of drug-likeness (QED) is 0.146. The molecule has 2 rings (SSSR count). The normalized spacial score (nSPS) is 15.9. The molecule has 0 unspecified atom stereocenters. The van der Waals surface area contributed by atoms with Crippen LogP contribution in [0.25, 0.3) is 0 Å². The Morgan fingerprint density at radius 3 is 0.812 bits per heavy atom. The first-order valence-corrected chi connectivity index (χ1v) is 11.0. The Hall–Kier alpha value is 0.339. The largest absolute Gasteiger partial charge is 2.00 e. The minimum atomic E-state index is -0.549. The third-order valence-electron chi connectivity index (χ3n) is 3.10. The zero-order valence-corrected chi connectivity index (χ0v) is 24.6. The van der Waals surface area contributed by atoms with Crippen LogP contribution in [0, 0.1) is 0 Å². The van der Waals surface area contributed by atoms with Gasteiger partial charge in [0.15, 0.2) is 10.2 Å². The van der Waals surface area contributed by atoms with E-state index in [1.165, 1.54) is 0 Å². The van der Waals surface area contributed by atoms with Gasteiger partial charge < -0.3 is 99.4 Å². The molecule has 178 valence electrons. The molecule has 0 spiro atoms. The number of thiocarbonyl (C=S) groups is 6. The first-order valence-electron chi connectivity index (χ1n) is 6.96. The Labute approximate surface area is 257 Å². The third kappa shape index (κ3) is 8.23. The second-order valence-corrected chi connectivity index (χ2v) is 9.76. The maximum absolute atomic E-state index is 11.4. The van der Waals surface area contributed by atoms with Crippen LogP contribution in [0.5, 0.6) is 0 Å². The summed E-state index contributed by atoms with van der Waals surface area (Å²) in [4.78, 5) is 49.1. The van der Waals surface area contributed by atoms with Gasteiger partial charge in [-0.3, -0.25) is 38.8 Å². The Kier molecular flexibility index (Phi) is 15.8. The van der Waals surface area contributed by atoms with Crippen LogP contribution in [0.2, 0.25) is 0 Å².